The number of carbonyl (C=O) groups is 1. The molecule has 0 unspecified atom stereocenters. The van der Waals surface area contributed by atoms with Gasteiger partial charge in [-0.3, -0.25) is 10.1 Å². The maximum absolute atomic E-state index is 12.6. The van der Waals surface area contributed by atoms with Crippen molar-refractivity contribution in [2.24, 2.45) is 5.92 Å². The molecule has 0 aromatic heterocycles. The SMILES string of the molecule is CC(C)COc1cccc(C(=O)NC(=S)Nc2ccc(S(=O)(=O)NC3CCCCC3)cc2)c1. The Labute approximate surface area is 201 Å². The molecular weight excluding hydrogens is 458 g/mol. The highest BCUT2D eigenvalue weighted by atomic mass is 32.2. The Hall–Kier alpha value is -2.49. The fourth-order valence-electron chi connectivity index (χ4n) is 3.55. The number of thiocarbonyl (C=S) groups is 1. The van der Waals surface area contributed by atoms with Crippen LogP contribution >= 0.6 is 12.2 Å². The summed E-state index contributed by atoms with van der Waals surface area (Å²) >= 11 is 5.24. The van der Waals surface area contributed by atoms with E-state index >= 15 is 0 Å². The van der Waals surface area contributed by atoms with E-state index in [0.29, 0.717) is 29.5 Å². The predicted octanol–water partition coefficient (Wildman–Crippen LogP) is 4.46. The Balaban J connectivity index is 1.55. The fraction of sp³-hybridized carbons (Fsp3) is 0.417. The van der Waals surface area contributed by atoms with Gasteiger partial charge < -0.3 is 10.1 Å². The molecule has 0 radical (unpaired) electrons. The van der Waals surface area contributed by atoms with Gasteiger partial charge in [-0.15, -0.1) is 0 Å². The molecule has 1 saturated carbocycles. The maximum Gasteiger partial charge on any atom is 0.257 e. The number of ether oxygens (including phenoxy) is 1. The molecule has 1 amide bonds. The third-order valence-corrected chi connectivity index (χ3v) is 7.00. The highest BCUT2D eigenvalue weighted by Crippen LogP contribution is 2.21. The minimum absolute atomic E-state index is 0.00128. The van der Waals surface area contributed by atoms with Crippen LogP contribution in [0.25, 0.3) is 0 Å². The van der Waals surface area contributed by atoms with Gasteiger partial charge in [0.05, 0.1) is 11.5 Å². The van der Waals surface area contributed by atoms with E-state index in [-0.39, 0.29) is 22.0 Å². The highest BCUT2D eigenvalue weighted by molar-refractivity contribution is 7.89. The Kier molecular flexibility index (Phi) is 8.82. The van der Waals surface area contributed by atoms with E-state index in [1.54, 1.807) is 36.4 Å². The van der Waals surface area contributed by atoms with Gasteiger partial charge >= 0.3 is 0 Å². The molecule has 0 saturated heterocycles. The van der Waals surface area contributed by atoms with E-state index in [4.69, 9.17) is 17.0 Å². The van der Waals surface area contributed by atoms with Crippen molar-refractivity contribution in [1.29, 1.82) is 0 Å². The van der Waals surface area contributed by atoms with Crippen LogP contribution in [-0.2, 0) is 10.0 Å². The van der Waals surface area contributed by atoms with Gasteiger partial charge in [0.25, 0.3) is 5.91 Å². The van der Waals surface area contributed by atoms with Crippen molar-refractivity contribution in [1.82, 2.24) is 10.0 Å². The van der Waals surface area contributed by atoms with Gasteiger partial charge in [0.2, 0.25) is 10.0 Å². The number of nitrogens with one attached hydrogen (secondary N) is 3. The van der Waals surface area contributed by atoms with Crippen molar-refractivity contribution in [3.63, 3.8) is 0 Å². The molecule has 1 aliphatic rings. The Bertz CT molecular complexity index is 1060. The first-order valence-electron chi connectivity index (χ1n) is 11.2. The lowest BCUT2D eigenvalue weighted by molar-refractivity contribution is 0.0977. The molecular formula is C24H31N3O4S2. The third kappa shape index (κ3) is 7.80. The first-order chi connectivity index (χ1) is 15.7. The summed E-state index contributed by atoms with van der Waals surface area (Å²) in [5.74, 6) is 0.635. The van der Waals surface area contributed by atoms with Crippen LogP contribution in [-0.4, -0.2) is 32.1 Å². The third-order valence-electron chi connectivity index (χ3n) is 5.26. The van der Waals surface area contributed by atoms with Crippen LogP contribution in [0.5, 0.6) is 5.75 Å². The monoisotopic (exact) mass is 489 g/mol. The van der Waals surface area contributed by atoms with Crippen molar-refractivity contribution in [2.75, 3.05) is 11.9 Å². The Morgan fingerprint density at radius 1 is 1.09 bits per heavy atom. The van der Waals surface area contributed by atoms with Crippen molar-refractivity contribution >= 4 is 38.9 Å². The molecule has 33 heavy (non-hydrogen) atoms. The number of benzene rings is 2. The zero-order valence-corrected chi connectivity index (χ0v) is 20.6. The van der Waals surface area contributed by atoms with Crippen LogP contribution in [0.3, 0.4) is 0 Å². The normalized spacial score (nSPS) is 14.6. The molecule has 2 aromatic rings. The predicted molar refractivity (Wildman–Crippen MR) is 134 cm³/mol. The number of rotatable bonds is 8. The zero-order chi connectivity index (χ0) is 23.8. The minimum atomic E-state index is -3.57. The second-order valence-electron chi connectivity index (χ2n) is 8.62. The number of hydrogen-bond donors (Lipinski definition) is 3. The summed E-state index contributed by atoms with van der Waals surface area (Å²) in [6, 6.07) is 13.2. The van der Waals surface area contributed by atoms with E-state index in [9.17, 15) is 13.2 Å². The van der Waals surface area contributed by atoms with Gasteiger partial charge in [0.1, 0.15) is 5.75 Å². The number of carbonyl (C=O) groups excluding carboxylic acids is 1. The lowest BCUT2D eigenvalue weighted by Crippen LogP contribution is -2.36. The van der Waals surface area contributed by atoms with Crippen molar-refractivity contribution < 1.29 is 17.9 Å². The number of anilines is 1. The van der Waals surface area contributed by atoms with E-state index in [1.165, 1.54) is 12.1 Å². The smallest absolute Gasteiger partial charge is 0.257 e. The average molecular weight is 490 g/mol. The molecule has 0 atom stereocenters. The first-order valence-corrected chi connectivity index (χ1v) is 13.1. The number of amides is 1. The second kappa shape index (κ2) is 11.6. The first kappa shape index (κ1) is 25.1. The molecule has 1 fully saturated rings. The van der Waals surface area contributed by atoms with Gasteiger partial charge in [0, 0.05) is 17.3 Å². The zero-order valence-electron chi connectivity index (χ0n) is 19.0. The average Bonchev–Trinajstić information content (AvgIpc) is 2.78. The quantitative estimate of drug-likeness (QED) is 0.474. The summed E-state index contributed by atoms with van der Waals surface area (Å²) in [6.45, 7) is 4.67. The minimum Gasteiger partial charge on any atom is -0.493 e. The highest BCUT2D eigenvalue weighted by Gasteiger charge is 2.21. The molecule has 7 nitrogen and oxygen atoms in total. The molecule has 0 heterocycles. The van der Waals surface area contributed by atoms with Crippen LogP contribution in [0.15, 0.2) is 53.4 Å². The van der Waals surface area contributed by atoms with E-state index in [0.717, 1.165) is 32.1 Å². The van der Waals surface area contributed by atoms with Gasteiger partial charge in [-0.2, -0.15) is 0 Å². The lowest BCUT2D eigenvalue weighted by Gasteiger charge is -2.22. The largest absolute Gasteiger partial charge is 0.493 e. The molecule has 0 bridgehead atoms. The Morgan fingerprint density at radius 3 is 2.45 bits per heavy atom. The van der Waals surface area contributed by atoms with Crippen LogP contribution in [0.4, 0.5) is 5.69 Å². The molecule has 9 heteroatoms. The van der Waals surface area contributed by atoms with Crippen molar-refractivity contribution in [2.45, 2.75) is 56.9 Å². The van der Waals surface area contributed by atoms with Gasteiger partial charge in [-0.1, -0.05) is 39.2 Å². The molecule has 0 spiro atoms. The van der Waals surface area contributed by atoms with Crippen molar-refractivity contribution in [3.8, 4) is 5.75 Å². The van der Waals surface area contributed by atoms with Gasteiger partial charge in [-0.05, 0) is 73.4 Å². The number of sulfonamides is 1. The van der Waals surface area contributed by atoms with Crippen LogP contribution in [0.1, 0.15) is 56.3 Å². The fourth-order valence-corrected chi connectivity index (χ4v) is 5.07. The summed E-state index contributed by atoms with van der Waals surface area (Å²) in [4.78, 5) is 12.7. The molecule has 0 aliphatic heterocycles. The van der Waals surface area contributed by atoms with E-state index < -0.39 is 10.0 Å². The Morgan fingerprint density at radius 2 is 1.79 bits per heavy atom. The van der Waals surface area contributed by atoms with Crippen LogP contribution in [0.2, 0.25) is 0 Å². The van der Waals surface area contributed by atoms with E-state index in [1.807, 2.05) is 0 Å². The molecule has 2 aromatic carbocycles. The maximum atomic E-state index is 12.6. The summed E-state index contributed by atoms with van der Waals surface area (Å²) < 4.78 is 33.7. The summed E-state index contributed by atoms with van der Waals surface area (Å²) in [5.41, 5.74) is 1.00. The van der Waals surface area contributed by atoms with Crippen molar-refractivity contribution in [3.05, 3.63) is 54.1 Å². The summed E-state index contributed by atoms with van der Waals surface area (Å²) in [7, 11) is -3.57. The summed E-state index contributed by atoms with van der Waals surface area (Å²) in [5, 5.41) is 5.66. The molecule has 3 N–H and O–H groups in total. The van der Waals surface area contributed by atoms with E-state index in [2.05, 4.69) is 29.2 Å². The number of hydrogen-bond acceptors (Lipinski definition) is 5. The lowest BCUT2D eigenvalue weighted by atomic mass is 9.96. The van der Waals surface area contributed by atoms with Gasteiger partial charge in [-0.25, -0.2) is 13.1 Å². The molecule has 3 rings (SSSR count). The summed E-state index contributed by atoms with van der Waals surface area (Å²) in [6.07, 6.45) is 5.01. The van der Waals surface area contributed by atoms with Gasteiger partial charge in [0.15, 0.2) is 5.11 Å². The topological polar surface area (TPSA) is 96.5 Å². The molecule has 1 aliphatic carbocycles. The second-order valence-corrected chi connectivity index (χ2v) is 10.7. The van der Waals surface area contributed by atoms with Crippen LogP contribution < -0.4 is 20.1 Å². The van der Waals surface area contributed by atoms with Crippen LogP contribution in [0, 0.1) is 5.92 Å². The standard InChI is InChI=1S/C24H31N3O4S2/c1-17(2)16-31-21-10-6-7-18(15-21)23(28)26-24(32)25-19-11-13-22(14-12-19)33(29,30)27-20-8-4-3-5-9-20/h6-7,10-15,17,20,27H,3-5,8-9,16H2,1-2H3,(H2,25,26,28,32). The molecule has 178 valence electrons.